The fourth-order valence-corrected chi connectivity index (χ4v) is 3.73. The average molecular weight is 368 g/mol. The summed E-state index contributed by atoms with van der Waals surface area (Å²) in [4.78, 5) is 25.4. The van der Waals surface area contributed by atoms with Crippen LogP contribution in [0.15, 0.2) is 73.3 Å². The zero-order valence-electron chi connectivity index (χ0n) is 15.6. The molecule has 0 aliphatic carbocycles. The molecule has 1 aromatic carbocycles. The molecule has 0 spiro atoms. The lowest BCUT2D eigenvalue weighted by Gasteiger charge is -2.39. The fraction of sp³-hybridized carbons (Fsp3) is 0.227. The second-order valence-electron chi connectivity index (χ2n) is 6.93. The van der Waals surface area contributed by atoms with Crippen molar-refractivity contribution in [3.05, 3.63) is 90.0 Å². The Morgan fingerprint density at radius 3 is 2.32 bits per heavy atom. The summed E-state index contributed by atoms with van der Waals surface area (Å²) >= 11 is 0. The van der Waals surface area contributed by atoms with Crippen molar-refractivity contribution in [2.24, 2.45) is 0 Å². The second kappa shape index (κ2) is 8.36. The van der Waals surface area contributed by atoms with Gasteiger partial charge in [0.2, 0.25) is 0 Å². The van der Waals surface area contributed by atoms with Gasteiger partial charge < -0.3 is 4.90 Å². The summed E-state index contributed by atoms with van der Waals surface area (Å²) in [6.45, 7) is 2.90. The van der Waals surface area contributed by atoms with Crippen LogP contribution in [-0.2, 0) is 0 Å². The Morgan fingerprint density at radius 1 is 0.893 bits per heavy atom. The Kier molecular flexibility index (Phi) is 5.49. The Balaban J connectivity index is 1.51. The summed E-state index contributed by atoms with van der Waals surface area (Å²) in [6.07, 6.45) is 6.84. The van der Waals surface area contributed by atoms with Gasteiger partial charge >= 0.3 is 0 Å². The first-order chi connectivity index (χ1) is 13.7. The Morgan fingerprint density at radius 2 is 1.64 bits per heavy atom. The second-order valence-corrected chi connectivity index (χ2v) is 6.93. The van der Waals surface area contributed by atoms with E-state index in [4.69, 9.17) is 7.85 Å². The van der Waals surface area contributed by atoms with Crippen molar-refractivity contribution in [1.29, 1.82) is 0 Å². The molecule has 3 heterocycles. The molecule has 1 saturated heterocycles. The van der Waals surface area contributed by atoms with Crippen LogP contribution in [0.2, 0.25) is 0 Å². The number of rotatable bonds is 4. The largest absolute Gasteiger partial charge is 0.336 e. The lowest BCUT2D eigenvalue weighted by molar-refractivity contribution is 0.0597. The van der Waals surface area contributed by atoms with Crippen LogP contribution in [0, 0.1) is 0 Å². The third kappa shape index (κ3) is 3.97. The highest BCUT2D eigenvalue weighted by atomic mass is 16.2. The van der Waals surface area contributed by atoms with Crippen LogP contribution >= 0.6 is 0 Å². The van der Waals surface area contributed by atoms with Gasteiger partial charge in [0.25, 0.3) is 5.91 Å². The Bertz CT molecular complexity index is 888. The van der Waals surface area contributed by atoms with Gasteiger partial charge in [0.15, 0.2) is 0 Å². The number of hydrogen-bond donors (Lipinski definition) is 0. The molecule has 4 rings (SSSR count). The SMILES string of the molecule is [B]c1cncc(C(=O)N2CCN(C(c3ccccc3)c3cccnc3)CC2)c1. The maximum Gasteiger partial charge on any atom is 0.255 e. The molecule has 5 nitrogen and oxygen atoms in total. The molecule has 1 unspecified atom stereocenters. The first-order valence-corrected chi connectivity index (χ1v) is 9.41. The monoisotopic (exact) mass is 368 g/mol. The maximum absolute atomic E-state index is 12.8. The van der Waals surface area contributed by atoms with E-state index in [2.05, 4.69) is 45.2 Å². The van der Waals surface area contributed by atoms with E-state index in [9.17, 15) is 4.79 Å². The molecule has 138 valence electrons. The molecular formula is C22H21BN4O. The third-order valence-corrected chi connectivity index (χ3v) is 5.09. The number of benzene rings is 1. The van der Waals surface area contributed by atoms with Gasteiger partial charge in [-0.05, 0) is 17.2 Å². The normalized spacial score (nSPS) is 15.9. The van der Waals surface area contributed by atoms with Crippen LogP contribution in [0.1, 0.15) is 27.5 Å². The smallest absolute Gasteiger partial charge is 0.255 e. The van der Waals surface area contributed by atoms with Crippen LogP contribution < -0.4 is 5.46 Å². The van der Waals surface area contributed by atoms with E-state index in [0.717, 1.165) is 18.7 Å². The van der Waals surface area contributed by atoms with Crippen molar-refractivity contribution in [3.63, 3.8) is 0 Å². The first kappa shape index (κ1) is 18.4. The molecule has 6 heteroatoms. The van der Waals surface area contributed by atoms with E-state index >= 15 is 0 Å². The lowest BCUT2D eigenvalue weighted by Crippen LogP contribution is -2.50. The number of pyridine rings is 2. The van der Waals surface area contributed by atoms with Gasteiger partial charge in [-0.25, -0.2) is 0 Å². The molecule has 0 saturated carbocycles. The highest BCUT2D eigenvalue weighted by molar-refractivity contribution is 6.32. The zero-order valence-corrected chi connectivity index (χ0v) is 15.6. The Labute approximate surface area is 166 Å². The van der Waals surface area contributed by atoms with Gasteiger partial charge in [-0.1, -0.05) is 47.9 Å². The van der Waals surface area contributed by atoms with Crippen molar-refractivity contribution in [2.75, 3.05) is 26.2 Å². The van der Waals surface area contributed by atoms with E-state index in [1.165, 1.54) is 5.56 Å². The lowest BCUT2D eigenvalue weighted by atomic mass is 9.96. The molecular weight excluding hydrogens is 347 g/mol. The molecule has 2 radical (unpaired) electrons. The van der Waals surface area contributed by atoms with Gasteiger partial charge in [-0.15, -0.1) is 0 Å². The highest BCUT2D eigenvalue weighted by Gasteiger charge is 2.28. The first-order valence-electron chi connectivity index (χ1n) is 9.41. The van der Waals surface area contributed by atoms with Crippen LogP contribution in [0.3, 0.4) is 0 Å². The molecule has 2 aromatic heterocycles. The number of amides is 1. The van der Waals surface area contributed by atoms with Crippen molar-refractivity contribution in [3.8, 4) is 0 Å². The summed E-state index contributed by atoms with van der Waals surface area (Å²) in [5, 5.41) is 0. The summed E-state index contributed by atoms with van der Waals surface area (Å²) in [5.74, 6) is -0.0166. The van der Waals surface area contributed by atoms with Crippen molar-refractivity contribution in [1.82, 2.24) is 19.8 Å². The predicted octanol–water partition coefficient (Wildman–Crippen LogP) is 1.82. The van der Waals surface area contributed by atoms with Crippen molar-refractivity contribution >= 4 is 19.2 Å². The topological polar surface area (TPSA) is 49.3 Å². The van der Waals surface area contributed by atoms with Gasteiger partial charge in [0.05, 0.1) is 11.6 Å². The van der Waals surface area contributed by atoms with E-state index in [-0.39, 0.29) is 11.9 Å². The van der Waals surface area contributed by atoms with Gasteiger partial charge in [0, 0.05) is 51.0 Å². The molecule has 1 aliphatic rings. The molecule has 3 aromatic rings. The molecule has 0 bridgehead atoms. The van der Waals surface area contributed by atoms with Gasteiger partial charge in [-0.3, -0.25) is 19.7 Å². The number of carbonyl (C=O) groups excluding carboxylic acids is 1. The van der Waals surface area contributed by atoms with E-state index in [0.29, 0.717) is 24.1 Å². The standard InChI is InChI=1S/C22H21BN4O/c23-20-13-19(15-25-16-20)22(28)27-11-9-26(10-12-27)21(17-5-2-1-3-6-17)18-7-4-8-24-14-18/h1-8,13-16,21H,9-12H2. The Hall–Kier alpha value is -2.99. The van der Waals surface area contributed by atoms with Crippen LogP contribution in [0.4, 0.5) is 0 Å². The van der Waals surface area contributed by atoms with Gasteiger partial charge in [0.1, 0.15) is 7.85 Å². The van der Waals surface area contributed by atoms with Gasteiger partial charge in [-0.2, -0.15) is 0 Å². The minimum atomic E-state index is -0.0166. The van der Waals surface area contributed by atoms with Crippen molar-refractivity contribution in [2.45, 2.75) is 6.04 Å². The third-order valence-electron chi connectivity index (χ3n) is 5.09. The molecule has 28 heavy (non-hydrogen) atoms. The minimum absolute atomic E-state index is 0.0166. The van der Waals surface area contributed by atoms with Crippen LogP contribution in [-0.4, -0.2) is 59.7 Å². The summed E-state index contributed by atoms with van der Waals surface area (Å²) in [6, 6.07) is 16.3. The summed E-state index contributed by atoms with van der Waals surface area (Å²) < 4.78 is 0. The fourth-order valence-electron chi connectivity index (χ4n) is 3.73. The maximum atomic E-state index is 12.8. The van der Waals surface area contributed by atoms with Crippen molar-refractivity contribution < 1.29 is 4.79 Å². The van der Waals surface area contributed by atoms with Crippen LogP contribution in [0.5, 0.6) is 0 Å². The number of nitrogens with zero attached hydrogens (tertiary/aromatic N) is 4. The molecule has 1 atom stereocenters. The minimum Gasteiger partial charge on any atom is -0.336 e. The molecule has 1 aliphatic heterocycles. The molecule has 1 fully saturated rings. The summed E-state index contributed by atoms with van der Waals surface area (Å²) in [5.41, 5.74) is 3.44. The number of piperazine rings is 1. The zero-order chi connectivity index (χ0) is 19.3. The van der Waals surface area contributed by atoms with E-state index in [1.54, 1.807) is 24.7 Å². The number of aromatic nitrogens is 2. The number of hydrogen-bond acceptors (Lipinski definition) is 4. The average Bonchev–Trinajstić information content (AvgIpc) is 2.75. The molecule has 0 N–H and O–H groups in total. The van der Waals surface area contributed by atoms with Crippen LogP contribution in [0.25, 0.3) is 0 Å². The quantitative estimate of drug-likeness (QED) is 0.660. The molecule has 1 amide bonds. The summed E-state index contributed by atoms with van der Waals surface area (Å²) in [7, 11) is 5.77. The predicted molar refractivity (Wildman–Crippen MR) is 110 cm³/mol. The highest BCUT2D eigenvalue weighted by Crippen LogP contribution is 2.29. The number of carbonyl (C=O) groups is 1. The van der Waals surface area contributed by atoms with E-state index < -0.39 is 0 Å². The van der Waals surface area contributed by atoms with E-state index in [1.807, 2.05) is 23.2 Å².